The topological polar surface area (TPSA) is 84.4 Å². The van der Waals surface area contributed by atoms with Crippen LogP contribution in [-0.4, -0.2) is 28.4 Å². The molecule has 24 heavy (non-hydrogen) atoms. The van der Waals surface area contributed by atoms with Gasteiger partial charge in [0.1, 0.15) is 12.0 Å². The summed E-state index contributed by atoms with van der Waals surface area (Å²) in [6.45, 7) is 1.63. The molecule has 0 saturated carbocycles. The van der Waals surface area contributed by atoms with Crippen LogP contribution < -0.4 is 4.74 Å². The second-order valence-electron chi connectivity index (χ2n) is 4.75. The van der Waals surface area contributed by atoms with Gasteiger partial charge in [-0.25, -0.2) is 4.79 Å². The minimum atomic E-state index is -4.62. The third-order valence-electron chi connectivity index (χ3n) is 3.06. The zero-order valence-corrected chi connectivity index (χ0v) is 12.6. The normalized spacial score (nSPS) is 12.1. The number of carbonyl (C=O) groups is 1. The first-order valence-electron chi connectivity index (χ1n) is 6.60. The number of aryl methyl sites for hydroxylation is 1. The zero-order chi connectivity index (χ0) is 17.9. The Hall–Kier alpha value is -2.97. The van der Waals surface area contributed by atoms with E-state index >= 15 is 0 Å². The highest BCUT2D eigenvalue weighted by molar-refractivity contribution is 5.84. The van der Waals surface area contributed by atoms with Crippen molar-refractivity contribution in [1.29, 1.82) is 0 Å². The number of hydrogen-bond acceptors (Lipinski definition) is 4. The number of aliphatic carboxylic acids is 1. The van der Waals surface area contributed by atoms with E-state index in [1.54, 1.807) is 6.92 Å². The van der Waals surface area contributed by atoms with Crippen LogP contribution in [0.2, 0.25) is 0 Å². The standard InChI is InChI=1S/C15H13F3N2O4/c1-8-3-4-9(10-6-19-20-13(10)15(16,17)18)5-11(8)24-12(7-23-2)14(21)22/h3-7H,1-2H3,(H,19,20)(H,21,22)/b12-7-. The van der Waals surface area contributed by atoms with E-state index in [2.05, 4.69) is 14.9 Å². The van der Waals surface area contributed by atoms with Gasteiger partial charge in [-0.3, -0.25) is 5.10 Å². The molecular weight excluding hydrogens is 329 g/mol. The van der Waals surface area contributed by atoms with E-state index in [0.29, 0.717) is 5.56 Å². The number of halogens is 3. The van der Waals surface area contributed by atoms with Gasteiger partial charge in [0.05, 0.1) is 7.11 Å². The lowest BCUT2D eigenvalue weighted by molar-refractivity contribution is -0.140. The number of nitrogens with one attached hydrogen (secondary N) is 1. The number of carboxylic acids is 1. The molecule has 0 atom stereocenters. The molecular formula is C15H13F3N2O4. The molecule has 2 N–H and O–H groups in total. The summed E-state index contributed by atoms with van der Waals surface area (Å²) in [4.78, 5) is 11.1. The molecule has 0 bridgehead atoms. The second-order valence-corrected chi connectivity index (χ2v) is 4.75. The summed E-state index contributed by atoms with van der Waals surface area (Å²) in [5.41, 5.74) is -0.513. The quantitative estimate of drug-likeness (QED) is 0.643. The smallest absolute Gasteiger partial charge is 0.435 e. The van der Waals surface area contributed by atoms with Crippen molar-refractivity contribution in [3.8, 4) is 16.9 Å². The minimum Gasteiger partial charge on any atom is -0.500 e. The van der Waals surface area contributed by atoms with Gasteiger partial charge in [-0.1, -0.05) is 12.1 Å². The third-order valence-corrected chi connectivity index (χ3v) is 3.06. The van der Waals surface area contributed by atoms with Crippen molar-refractivity contribution < 1.29 is 32.5 Å². The number of aromatic nitrogens is 2. The molecule has 0 amide bonds. The van der Waals surface area contributed by atoms with Crippen molar-refractivity contribution in [2.75, 3.05) is 7.11 Å². The molecule has 0 saturated heterocycles. The van der Waals surface area contributed by atoms with Crippen LogP contribution in [0.3, 0.4) is 0 Å². The first-order chi connectivity index (χ1) is 11.2. The van der Waals surface area contributed by atoms with Crippen LogP contribution in [0.15, 0.2) is 36.4 Å². The van der Waals surface area contributed by atoms with Crippen LogP contribution in [0.5, 0.6) is 5.75 Å². The van der Waals surface area contributed by atoms with Gasteiger partial charge in [-0.2, -0.15) is 18.3 Å². The maximum atomic E-state index is 12.9. The summed E-state index contributed by atoms with van der Waals surface area (Å²) in [7, 11) is 1.25. The first kappa shape index (κ1) is 17.4. The largest absolute Gasteiger partial charge is 0.500 e. The molecule has 0 spiro atoms. The van der Waals surface area contributed by atoms with Crippen molar-refractivity contribution in [2.24, 2.45) is 0 Å². The Balaban J connectivity index is 2.45. The lowest BCUT2D eigenvalue weighted by Gasteiger charge is -2.11. The van der Waals surface area contributed by atoms with Crippen molar-refractivity contribution in [3.05, 3.63) is 47.7 Å². The van der Waals surface area contributed by atoms with Crippen LogP contribution in [0.25, 0.3) is 11.1 Å². The molecule has 6 nitrogen and oxygen atoms in total. The number of ether oxygens (including phenoxy) is 2. The molecule has 0 radical (unpaired) electrons. The first-order valence-corrected chi connectivity index (χ1v) is 6.60. The Labute approximate surface area is 134 Å². The molecule has 2 rings (SSSR count). The van der Waals surface area contributed by atoms with Crippen LogP contribution in [0.4, 0.5) is 13.2 Å². The van der Waals surface area contributed by atoms with Crippen molar-refractivity contribution in [2.45, 2.75) is 13.1 Å². The predicted octanol–water partition coefficient (Wildman–Crippen LogP) is 3.36. The molecule has 9 heteroatoms. The fourth-order valence-electron chi connectivity index (χ4n) is 1.95. The monoisotopic (exact) mass is 342 g/mol. The van der Waals surface area contributed by atoms with Gasteiger partial charge in [0, 0.05) is 11.8 Å². The van der Waals surface area contributed by atoms with Gasteiger partial charge < -0.3 is 14.6 Å². The van der Waals surface area contributed by atoms with E-state index in [1.807, 2.05) is 0 Å². The van der Waals surface area contributed by atoms with E-state index in [4.69, 9.17) is 9.84 Å². The van der Waals surface area contributed by atoms with Crippen molar-refractivity contribution in [1.82, 2.24) is 10.2 Å². The fourth-order valence-corrected chi connectivity index (χ4v) is 1.95. The molecule has 0 aliphatic heterocycles. The van der Waals surface area contributed by atoms with Gasteiger partial charge in [0.15, 0.2) is 5.69 Å². The minimum absolute atomic E-state index is 0.0903. The Morgan fingerprint density at radius 2 is 2.08 bits per heavy atom. The van der Waals surface area contributed by atoms with E-state index in [-0.39, 0.29) is 16.9 Å². The van der Waals surface area contributed by atoms with Gasteiger partial charge >= 0.3 is 12.1 Å². The number of hydrogen-bond donors (Lipinski definition) is 2. The molecule has 1 aromatic heterocycles. The molecule has 0 unspecified atom stereocenters. The summed E-state index contributed by atoms with van der Waals surface area (Å²) in [6, 6.07) is 4.29. The lowest BCUT2D eigenvalue weighted by atomic mass is 10.0. The second kappa shape index (κ2) is 6.65. The predicted molar refractivity (Wildman–Crippen MR) is 77.1 cm³/mol. The molecule has 2 aromatic rings. The Bertz CT molecular complexity index is 781. The molecule has 0 aliphatic rings. The fraction of sp³-hybridized carbons (Fsp3) is 0.200. The molecule has 0 aliphatic carbocycles. The van der Waals surface area contributed by atoms with Crippen LogP contribution in [0, 0.1) is 6.92 Å². The summed E-state index contributed by atoms with van der Waals surface area (Å²) >= 11 is 0. The number of H-pyrrole nitrogens is 1. The average molecular weight is 342 g/mol. The molecule has 128 valence electrons. The van der Waals surface area contributed by atoms with E-state index in [0.717, 1.165) is 12.5 Å². The van der Waals surface area contributed by atoms with Gasteiger partial charge in [-0.05, 0) is 24.1 Å². The summed E-state index contributed by atoms with van der Waals surface area (Å²) in [5, 5.41) is 14.4. The number of alkyl halides is 3. The summed E-state index contributed by atoms with van der Waals surface area (Å²) < 4.78 is 48.7. The Kier molecular flexibility index (Phi) is 4.82. The third kappa shape index (κ3) is 3.67. The van der Waals surface area contributed by atoms with Crippen molar-refractivity contribution >= 4 is 5.97 Å². The molecule has 1 heterocycles. The highest BCUT2D eigenvalue weighted by Crippen LogP contribution is 2.37. The van der Waals surface area contributed by atoms with E-state index in [1.165, 1.54) is 25.3 Å². The van der Waals surface area contributed by atoms with Gasteiger partial charge in [0.25, 0.3) is 0 Å². The SMILES string of the molecule is CO/C=C(\Oc1cc(-c2c[nH]nc2C(F)(F)F)ccc1C)C(=O)O. The number of carboxylic acid groups (broad SMARTS) is 1. The number of rotatable bonds is 5. The van der Waals surface area contributed by atoms with Crippen LogP contribution in [0.1, 0.15) is 11.3 Å². The van der Waals surface area contributed by atoms with Crippen LogP contribution in [-0.2, 0) is 15.7 Å². The summed E-state index contributed by atoms with van der Waals surface area (Å²) in [5.74, 6) is -1.78. The highest BCUT2D eigenvalue weighted by Gasteiger charge is 2.36. The Morgan fingerprint density at radius 1 is 1.38 bits per heavy atom. The lowest BCUT2D eigenvalue weighted by Crippen LogP contribution is -2.09. The maximum absolute atomic E-state index is 12.9. The van der Waals surface area contributed by atoms with E-state index in [9.17, 15) is 18.0 Å². The molecule has 1 aromatic carbocycles. The maximum Gasteiger partial charge on any atom is 0.435 e. The van der Waals surface area contributed by atoms with Gasteiger partial charge in [0.2, 0.25) is 5.76 Å². The zero-order valence-electron chi connectivity index (χ0n) is 12.6. The average Bonchev–Trinajstić information content (AvgIpc) is 2.98. The number of nitrogens with zero attached hydrogens (tertiary/aromatic N) is 1. The Morgan fingerprint density at radius 3 is 2.67 bits per heavy atom. The number of aromatic amines is 1. The highest BCUT2D eigenvalue weighted by atomic mass is 19.4. The summed E-state index contributed by atoms with van der Waals surface area (Å²) in [6.07, 6.45) is -2.63. The van der Waals surface area contributed by atoms with E-state index < -0.39 is 23.6 Å². The number of methoxy groups -OCH3 is 1. The van der Waals surface area contributed by atoms with Crippen molar-refractivity contribution in [3.63, 3.8) is 0 Å². The molecule has 0 fully saturated rings. The number of benzene rings is 1. The van der Waals surface area contributed by atoms with Crippen LogP contribution >= 0.6 is 0 Å². The van der Waals surface area contributed by atoms with Gasteiger partial charge in [-0.15, -0.1) is 0 Å².